The number of rotatable bonds is 3. The number of hydrogen-bond acceptors (Lipinski definition) is 2. The van der Waals surface area contributed by atoms with Crippen molar-refractivity contribution in [2.45, 2.75) is 19.9 Å². The number of carbonyl (C=O) groups excluding carboxylic acids is 1. The van der Waals surface area contributed by atoms with Crippen molar-refractivity contribution >= 4 is 22.6 Å². The Hall–Kier alpha value is -3.08. The van der Waals surface area contributed by atoms with Crippen LogP contribution in [0.5, 0.6) is 0 Å². The van der Waals surface area contributed by atoms with Gasteiger partial charge in [-0.15, -0.1) is 0 Å². The van der Waals surface area contributed by atoms with Crippen molar-refractivity contribution in [1.82, 2.24) is 20.2 Å². The quantitative estimate of drug-likeness (QED) is 0.756. The van der Waals surface area contributed by atoms with E-state index >= 15 is 0 Å². The maximum Gasteiger partial charge on any atom is 0.317 e. The van der Waals surface area contributed by atoms with E-state index in [4.69, 9.17) is 0 Å². The van der Waals surface area contributed by atoms with Crippen LogP contribution in [0.15, 0.2) is 54.9 Å². The molecule has 1 aliphatic rings. The van der Waals surface area contributed by atoms with Gasteiger partial charge in [-0.1, -0.05) is 35.9 Å². The standard InChI is InChI=1S/C21H22N4O/c1-15-4-2-5-16(12-15)13-24-21(26)25-10-7-17(8-11-25)19-14-23-20-18(19)6-3-9-22-20/h2-7,9,12,14H,8,10-11,13H2,1H3,(H,22,23)(H,24,26). The normalized spacial score (nSPS) is 14.3. The molecule has 2 amide bonds. The molecule has 0 atom stereocenters. The Bertz CT molecular complexity index is 973. The van der Waals surface area contributed by atoms with Gasteiger partial charge >= 0.3 is 6.03 Å². The summed E-state index contributed by atoms with van der Waals surface area (Å²) in [6.07, 6.45) is 6.79. The lowest BCUT2D eigenvalue weighted by Crippen LogP contribution is -2.41. The molecule has 3 heterocycles. The molecule has 0 aliphatic carbocycles. The fraction of sp³-hybridized carbons (Fsp3) is 0.238. The van der Waals surface area contributed by atoms with Crippen LogP contribution in [0.4, 0.5) is 4.79 Å². The first kappa shape index (κ1) is 16.4. The third-order valence-corrected chi connectivity index (χ3v) is 4.82. The Morgan fingerprint density at radius 3 is 3.04 bits per heavy atom. The van der Waals surface area contributed by atoms with E-state index in [1.54, 1.807) is 6.20 Å². The topological polar surface area (TPSA) is 61.0 Å². The highest BCUT2D eigenvalue weighted by Crippen LogP contribution is 2.28. The van der Waals surface area contributed by atoms with Crippen molar-refractivity contribution in [3.05, 3.63) is 71.6 Å². The van der Waals surface area contributed by atoms with E-state index in [1.165, 1.54) is 16.7 Å². The van der Waals surface area contributed by atoms with E-state index in [0.717, 1.165) is 29.6 Å². The van der Waals surface area contributed by atoms with Gasteiger partial charge in [0.05, 0.1) is 0 Å². The highest BCUT2D eigenvalue weighted by Gasteiger charge is 2.19. The zero-order chi connectivity index (χ0) is 17.9. The predicted molar refractivity (Wildman–Crippen MR) is 104 cm³/mol. The molecule has 2 aromatic heterocycles. The molecule has 2 N–H and O–H groups in total. The molecular formula is C21H22N4O. The first-order chi connectivity index (χ1) is 12.7. The van der Waals surface area contributed by atoms with Gasteiger partial charge in [0.2, 0.25) is 0 Å². The molecule has 4 rings (SSSR count). The number of nitrogens with zero attached hydrogens (tertiary/aromatic N) is 2. The largest absolute Gasteiger partial charge is 0.346 e. The van der Waals surface area contributed by atoms with Crippen LogP contribution in [0, 0.1) is 6.92 Å². The van der Waals surface area contributed by atoms with Crippen molar-refractivity contribution < 1.29 is 4.79 Å². The van der Waals surface area contributed by atoms with Gasteiger partial charge in [0.25, 0.3) is 0 Å². The van der Waals surface area contributed by atoms with E-state index in [9.17, 15) is 4.79 Å². The summed E-state index contributed by atoms with van der Waals surface area (Å²) in [6.45, 7) is 3.96. The van der Waals surface area contributed by atoms with Crippen LogP contribution in [0.2, 0.25) is 0 Å². The number of benzene rings is 1. The van der Waals surface area contributed by atoms with Gasteiger partial charge in [0.15, 0.2) is 0 Å². The van der Waals surface area contributed by atoms with Crippen molar-refractivity contribution in [1.29, 1.82) is 0 Å². The molecule has 1 aromatic carbocycles. The Kier molecular flexibility index (Phi) is 4.44. The average molecular weight is 346 g/mol. The first-order valence-corrected chi connectivity index (χ1v) is 8.90. The Morgan fingerprint density at radius 1 is 1.31 bits per heavy atom. The number of amides is 2. The Labute approximate surface area is 152 Å². The average Bonchev–Trinajstić information content (AvgIpc) is 3.10. The number of aromatic amines is 1. The molecule has 0 radical (unpaired) electrons. The number of urea groups is 1. The molecule has 0 unspecified atom stereocenters. The van der Waals surface area contributed by atoms with E-state index < -0.39 is 0 Å². The number of H-pyrrole nitrogens is 1. The van der Waals surface area contributed by atoms with Gasteiger partial charge in [0, 0.05) is 43.0 Å². The van der Waals surface area contributed by atoms with Crippen molar-refractivity contribution in [2.24, 2.45) is 0 Å². The van der Waals surface area contributed by atoms with Crippen molar-refractivity contribution in [3.63, 3.8) is 0 Å². The van der Waals surface area contributed by atoms with E-state index in [2.05, 4.69) is 46.5 Å². The van der Waals surface area contributed by atoms with Gasteiger partial charge in [-0.3, -0.25) is 0 Å². The smallest absolute Gasteiger partial charge is 0.317 e. The minimum Gasteiger partial charge on any atom is -0.346 e. The summed E-state index contributed by atoms with van der Waals surface area (Å²) in [5, 5.41) is 4.15. The number of aromatic nitrogens is 2. The minimum absolute atomic E-state index is 0.0117. The summed E-state index contributed by atoms with van der Waals surface area (Å²) in [6, 6.07) is 12.2. The lowest BCUT2D eigenvalue weighted by atomic mass is 10.00. The molecule has 1 aliphatic heterocycles. The summed E-state index contributed by atoms with van der Waals surface area (Å²) in [5.74, 6) is 0. The fourth-order valence-corrected chi connectivity index (χ4v) is 3.43. The second-order valence-electron chi connectivity index (χ2n) is 6.68. The molecular weight excluding hydrogens is 324 g/mol. The number of nitrogens with one attached hydrogen (secondary N) is 2. The maximum atomic E-state index is 12.4. The molecule has 26 heavy (non-hydrogen) atoms. The summed E-state index contributed by atoms with van der Waals surface area (Å²) in [5.41, 5.74) is 5.69. The second kappa shape index (κ2) is 7.04. The number of aryl methyl sites for hydroxylation is 1. The Morgan fingerprint density at radius 2 is 2.23 bits per heavy atom. The molecule has 5 heteroatoms. The van der Waals surface area contributed by atoms with E-state index in [-0.39, 0.29) is 6.03 Å². The maximum absolute atomic E-state index is 12.4. The molecule has 132 valence electrons. The SMILES string of the molecule is Cc1cccc(CNC(=O)N2CC=C(c3c[nH]c4ncccc34)CC2)c1. The predicted octanol–water partition coefficient (Wildman–Crippen LogP) is 3.87. The van der Waals surface area contributed by atoms with Crippen molar-refractivity contribution in [2.75, 3.05) is 13.1 Å². The van der Waals surface area contributed by atoms with Crippen LogP contribution in [-0.2, 0) is 6.54 Å². The van der Waals surface area contributed by atoms with Gasteiger partial charge in [-0.2, -0.15) is 0 Å². The molecule has 0 spiro atoms. The van der Waals surface area contributed by atoms with Gasteiger partial charge in [0.1, 0.15) is 5.65 Å². The molecule has 0 fully saturated rings. The molecule has 0 bridgehead atoms. The highest BCUT2D eigenvalue weighted by atomic mass is 16.2. The number of carbonyl (C=O) groups is 1. The van der Waals surface area contributed by atoms with Crippen LogP contribution in [0.25, 0.3) is 16.6 Å². The minimum atomic E-state index is -0.0117. The van der Waals surface area contributed by atoms with Crippen LogP contribution < -0.4 is 5.32 Å². The Balaban J connectivity index is 1.40. The van der Waals surface area contributed by atoms with Gasteiger partial charge in [-0.05, 0) is 36.6 Å². The molecule has 0 saturated heterocycles. The fourth-order valence-electron chi connectivity index (χ4n) is 3.43. The summed E-state index contributed by atoms with van der Waals surface area (Å²) in [7, 11) is 0. The lowest BCUT2D eigenvalue weighted by molar-refractivity contribution is 0.202. The molecule has 5 nitrogen and oxygen atoms in total. The highest BCUT2D eigenvalue weighted by molar-refractivity contribution is 5.91. The summed E-state index contributed by atoms with van der Waals surface area (Å²) in [4.78, 5) is 21.8. The molecule has 3 aromatic rings. The van der Waals surface area contributed by atoms with Crippen LogP contribution >= 0.6 is 0 Å². The van der Waals surface area contributed by atoms with Crippen LogP contribution in [0.3, 0.4) is 0 Å². The monoisotopic (exact) mass is 346 g/mol. The van der Waals surface area contributed by atoms with Crippen molar-refractivity contribution in [3.8, 4) is 0 Å². The lowest BCUT2D eigenvalue weighted by Gasteiger charge is -2.26. The second-order valence-corrected chi connectivity index (χ2v) is 6.68. The van der Waals surface area contributed by atoms with Gasteiger partial charge in [-0.25, -0.2) is 9.78 Å². The summed E-state index contributed by atoms with van der Waals surface area (Å²) < 4.78 is 0. The summed E-state index contributed by atoms with van der Waals surface area (Å²) >= 11 is 0. The number of hydrogen-bond donors (Lipinski definition) is 2. The van der Waals surface area contributed by atoms with Crippen LogP contribution in [-0.4, -0.2) is 34.0 Å². The van der Waals surface area contributed by atoms with E-state index in [1.807, 2.05) is 29.3 Å². The third kappa shape index (κ3) is 3.33. The first-order valence-electron chi connectivity index (χ1n) is 8.90. The van der Waals surface area contributed by atoms with E-state index in [0.29, 0.717) is 13.1 Å². The third-order valence-electron chi connectivity index (χ3n) is 4.82. The number of pyridine rings is 1. The number of fused-ring (bicyclic) bond motifs is 1. The zero-order valence-corrected chi connectivity index (χ0v) is 14.8. The molecule has 0 saturated carbocycles. The van der Waals surface area contributed by atoms with Crippen LogP contribution in [0.1, 0.15) is 23.1 Å². The zero-order valence-electron chi connectivity index (χ0n) is 14.8. The van der Waals surface area contributed by atoms with Gasteiger partial charge < -0.3 is 15.2 Å².